The van der Waals surface area contributed by atoms with Crippen LogP contribution in [0.1, 0.15) is 6.92 Å². The van der Waals surface area contributed by atoms with Crippen LogP contribution in [0.25, 0.3) is 0 Å². The second kappa shape index (κ2) is 8.04. The van der Waals surface area contributed by atoms with E-state index < -0.39 is 4.92 Å². The average molecular weight is 374 g/mol. The van der Waals surface area contributed by atoms with E-state index in [4.69, 9.17) is 10.5 Å². The van der Waals surface area contributed by atoms with Gasteiger partial charge in [-0.2, -0.15) is 9.97 Å². The molecule has 144 valence electrons. The van der Waals surface area contributed by atoms with Crippen LogP contribution in [-0.2, 0) is 0 Å². The van der Waals surface area contributed by atoms with Gasteiger partial charge in [0, 0.05) is 5.69 Å². The fourth-order valence-electron chi connectivity index (χ4n) is 2.89. The van der Waals surface area contributed by atoms with Crippen LogP contribution in [0.3, 0.4) is 0 Å². The van der Waals surface area contributed by atoms with Crippen LogP contribution in [0.2, 0.25) is 0 Å². The molecule has 2 heterocycles. The molecule has 0 radical (unpaired) electrons. The summed E-state index contributed by atoms with van der Waals surface area (Å²) in [4.78, 5) is 22.9. The van der Waals surface area contributed by atoms with E-state index in [1.807, 2.05) is 11.8 Å². The predicted octanol–water partition coefficient (Wildman–Crippen LogP) is 0.444. The molecule has 3 rings (SSSR count). The van der Waals surface area contributed by atoms with Gasteiger partial charge in [0.2, 0.25) is 17.6 Å². The third-order valence-corrected chi connectivity index (χ3v) is 4.41. The number of likely N-dealkylation sites (N-methyl/N-ethyl adjacent to an activating group) is 1. The third kappa shape index (κ3) is 4.34. The van der Waals surface area contributed by atoms with Crippen molar-refractivity contribution in [3.8, 4) is 5.75 Å². The number of anilines is 4. The number of hydrogen-bond donors (Lipinski definition) is 3. The Hall–Kier alpha value is -3.14. The summed E-state index contributed by atoms with van der Waals surface area (Å²) in [5, 5.41) is 14.5. The fourth-order valence-corrected chi connectivity index (χ4v) is 2.89. The van der Waals surface area contributed by atoms with Gasteiger partial charge in [0.25, 0.3) is 0 Å². The number of hydrogen-bond acceptors (Lipinski definition) is 8. The molecule has 1 aliphatic rings. The Labute approximate surface area is 157 Å². The Morgan fingerprint density at radius 1 is 1.30 bits per heavy atom. The number of nitrogens with two attached hydrogens (primary N) is 1. The molecule has 4 N–H and O–H groups in total. The SMILES string of the molecule is CCOc1ccc(Nc2nc(N3CC[NH+](C)CC3)nc(N)c2[N+](=O)[O-])cc1. The van der Waals surface area contributed by atoms with Crippen LogP contribution in [0.15, 0.2) is 24.3 Å². The maximum atomic E-state index is 11.5. The Morgan fingerprint density at radius 3 is 2.56 bits per heavy atom. The molecule has 1 fully saturated rings. The molecule has 0 atom stereocenters. The first-order chi connectivity index (χ1) is 13.0. The fraction of sp³-hybridized carbons (Fsp3) is 0.412. The summed E-state index contributed by atoms with van der Waals surface area (Å²) < 4.78 is 5.41. The van der Waals surface area contributed by atoms with Crippen molar-refractivity contribution in [3.63, 3.8) is 0 Å². The number of aromatic nitrogens is 2. The van der Waals surface area contributed by atoms with Crippen LogP contribution in [-0.4, -0.2) is 54.7 Å². The highest BCUT2D eigenvalue weighted by Gasteiger charge is 2.27. The minimum absolute atomic E-state index is 0.0814. The maximum absolute atomic E-state index is 11.5. The van der Waals surface area contributed by atoms with Crippen molar-refractivity contribution in [1.82, 2.24) is 9.97 Å². The maximum Gasteiger partial charge on any atom is 0.353 e. The number of nitro groups is 1. The van der Waals surface area contributed by atoms with E-state index in [0.717, 1.165) is 31.9 Å². The lowest BCUT2D eigenvalue weighted by Gasteiger charge is -2.30. The normalized spacial score (nSPS) is 14.8. The number of nitrogens with one attached hydrogen (secondary N) is 2. The molecular weight excluding hydrogens is 350 g/mol. The van der Waals surface area contributed by atoms with Crippen molar-refractivity contribution in [2.75, 3.05) is 55.8 Å². The zero-order valence-corrected chi connectivity index (χ0v) is 15.4. The molecule has 1 aliphatic heterocycles. The number of nitrogen functional groups attached to an aromatic ring is 1. The van der Waals surface area contributed by atoms with Gasteiger partial charge >= 0.3 is 5.69 Å². The quantitative estimate of drug-likeness (QED) is 0.492. The number of nitrogens with zero attached hydrogens (tertiary/aromatic N) is 4. The molecule has 0 spiro atoms. The van der Waals surface area contributed by atoms with Crippen molar-refractivity contribution in [1.29, 1.82) is 0 Å². The van der Waals surface area contributed by atoms with E-state index in [2.05, 4.69) is 22.3 Å². The van der Waals surface area contributed by atoms with Crippen molar-refractivity contribution in [2.24, 2.45) is 0 Å². The molecular formula is C17H24N7O3+. The summed E-state index contributed by atoms with van der Waals surface area (Å²) in [7, 11) is 2.13. The molecule has 0 amide bonds. The van der Waals surface area contributed by atoms with Crippen molar-refractivity contribution in [2.45, 2.75) is 6.92 Å². The lowest BCUT2D eigenvalue weighted by atomic mass is 10.3. The first-order valence-electron chi connectivity index (χ1n) is 8.86. The number of benzene rings is 1. The minimum atomic E-state index is -0.565. The van der Waals surface area contributed by atoms with Gasteiger partial charge in [0.1, 0.15) is 5.75 Å². The molecule has 10 nitrogen and oxygen atoms in total. The minimum Gasteiger partial charge on any atom is -0.494 e. The third-order valence-electron chi connectivity index (χ3n) is 4.41. The topological polar surface area (TPSA) is 124 Å². The molecule has 0 bridgehead atoms. The molecule has 0 unspecified atom stereocenters. The van der Waals surface area contributed by atoms with Crippen LogP contribution < -0.4 is 25.6 Å². The van der Waals surface area contributed by atoms with E-state index in [-0.39, 0.29) is 17.3 Å². The summed E-state index contributed by atoms with van der Waals surface area (Å²) in [6.07, 6.45) is 0. The molecule has 27 heavy (non-hydrogen) atoms. The Bertz CT molecular complexity index is 805. The number of piperazine rings is 1. The highest BCUT2D eigenvalue weighted by Crippen LogP contribution is 2.32. The summed E-state index contributed by atoms with van der Waals surface area (Å²) >= 11 is 0. The summed E-state index contributed by atoms with van der Waals surface area (Å²) in [6, 6.07) is 7.11. The zero-order valence-electron chi connectivity index (χ0n) is 15.4. The first kappa shape index (κ1) is 18.6. The largest absolute Gasteiger partial charge is 0.494 e. The molecule has 2 aromatic rings. The monoisotopic (exact) mass is 374 g/mol. The van der Waals surface area contributed by atoms with Crippen LogP contribution in [0, 0.1) is 10.1 Å². The predicted molar refractivity (Wildman–Crippen MR) is 103 cm³/mol. The lowest BCUT2D eigenvalue weighted by molar-refractivity contribution is -0.880. The molecule has 1 saturated heterocycles. The van der Waals surface area contributed by atoms with Gasteiger partial charge in [-0.05, 0) is 31.2 Å². The summed E-state index contributed by atoms with van der Waals surface area (Å²) in [6.45, 7) is 5.90. The zero-order chi connectivity index (χ0) is 19.4. The molecule has 0 aliphatic carbocycles. The lowest BCUT2D eigenvalue weighted by Crippen LogP contribution is -3.12. The van der Waals surface area contributed by atoms with Gasteiger partial charge < -0.3 is 25.6 Å². The van der Waals surface area contributed by atoms with Gasteiger partial charge in [0.15, 0.2) is 0 Å². The second-order valence-electron chi connectivity index (χ2n) is 6.39. The van der Waals surface area contributed by atoms with Gasteiger partial charge in [-0.25, -0.2) is 0 Å². The average Bonchev–Trinajstić information content (AvgIpc) is 2.63. The van der Waals surface area contributed by atoms with E-state index in [9.17, 15) is 10.1 Å². The van der Waals surface area contributed by atoms with Gasteiger partial charge in [-0.3, -0.25) is 10.1 Å². The molecule has 1 aromatic carbocycles. The van der Waals surface area contributed by atoms with Crippen molar-refractivity contribution < 1.29 is 14.6 Å². The van der Waals surface area contributed by atoms with Crippen LogP contribution in [0.5, 0.6) is 5.75 Å². The van der Waals surface area contributed by atoms with E-state index in [1.165, 1.54) is 4.90 Å². The van der Waals surface area contributed by atoms with E-state index in [0.29, 0.717) is 18.2 Å². The van der Waals surface area contributed by atoms with Crippen molar-refractivity contribution >= 4 is 29.0 Å². The number of rotatable bonds is 6. The smallest absolute Gasteiger partial charge is 0.353 e. The summed E-state index contributed by atoms with van der Waals surface area (Å²) in [5.74, 6) is 1.06. The first-order valence-corrected chi connectivity index (χ1v) is 8.86. The van der Waals surface area contributed by atoms with Gasteiger partial charge in [-0.1, -0.05) is 0 Å². The van der Waals surface area contributed by atoms with Crippen LogP contribution in [0.4, 0.5) is 29.0 Å². The number of quaternary nitrogens is 1. The second-order valence-corrected chi connectivity index (χ2v) is 6.39. The van der Waals surface area contributed by atoms with Gasteiger partial charge in [-0.15, -0.1) is 0 Å². The van der Waals surface area contributed by atoms with Crippen LogP contribution >= 0.6 is 0 Å². The standard InChI is InChI=1S/C17H23N7O3/c1-3-27-13-6-4-12(5-7-13)19-16-14(24(25)26)15(18)20-17(21-16)23-10-8-22(2)9-11-23/h4-7H,3,8-11H2,1-2H3,(H3,18,19,20,21)/p+1. The molecule has 10 heteroatoms. The number of ether oxygens (including phenoxy) is 1. The van der Waals surface area contributed by atoms with Crippen molar-refractivity contribution in [3.05, 3.63) is 34.4 Å². The Morgan fingerprint density at radius 2 is 1.96 bits per heavy atom. The highest BCUT2D eigenvalue weighted by molar-refractivity contribution is 5.74. The van der Waals surface area contributed by atoms with E-state index in [1.54, 1.807) is 24.3 Å². The molecule has 0 saturated carbocycles. The Balaban J connectivity index is 1.90. The molecule has 1 aromatic heterocycles. The van der Waals surface area contributed by atoms with E-state index >= 15 is 0 Å². The van der Waals surface area contributed by atoms with Gasteiger partial charge in [0.05, 0.1) is 44.8 Å². The highest BCUT2D eigenvalue weighted by atomic mass is 16.6. The Kier molecular flexibility index (Phi) is 5.55. The summed E-state index contributed by atoms with van der Waals surface area (Å²) in [5.41, 5.74) is 6.21.